The molecule has 1 fully saturated rings. The normalized spacial score (nSPS) is 19.0. The van der Waals surface area contributed by atoms with Crippen molar-refractivity contribution < 1.29 is 18.7 Å². The lowest BCUT2D eigenvalue weighted by atomic mass is 9.86. The van der Waals surface area contributed by atoms with E-state index in [2.05, 4.69) is 19.6 Å². The number of nitro benzene ring substituents is 1. The second-order valence-electron chi connectivity index (χ2n) is 8.24. The van der Waals surface area contributed by atoms with Gasteiger partial charge in [-0.25, -0.2) is 28.3 Å². The van der Waals surface area contributed by atoms with Crippen molar-refractivity contribution in [2.24, 2.45) is 5.92 Å². The Kier molecular flexibility index (Phi) is 7.17. The molecule has 180 valence electrons. The van der Waals surface area contributed by atoms with Crippen molar-refractivity contribution in [2.45, 2.75) is 31.7 Å². The van der Waals surface area contributed by atoms with Crippen molar-refractivity contribution in [1.82, 2.24) is 19.3 Å². The summed E-state index contributed by atoms with van der Waals surface area (Å²) in [4.78, 5) is 33.9. The molecular formula is C22H26N6O5S. The number of hydrogen-bond donors (Lipinski definition) is 1. The second kappa shape index (κ2) is 10.3. The lowest BCUT2D eigenvalue weighted by Crippen LogP contribution is -2.37. The van der Waals surface area contributed by atoms with Gasteiger partial charge in [-0.05, 0) is 56.8 Å². The molecule has 11 nitrogen and oxygen atoms in total. The summed E-state index contributed by atoms with van der Waals surface area (Å²) in [7, 11) is 2.72. The summed E-state index contributed by atoms with van der Waals surface area (Å²) in [6.45, 7) is 0. The molecule has 1 aliphatic carbocycles. The van der Waals surface area contributed by atoms with Crippen LogP contribution in [0.4, 0.5) is 16.3 Å². The number of anilines is 1. The second-order valence-corrected chi connectivity index (χ2v) is 9.67. The van der Waals surface area contributed by atoms with Crippen LogP contribution in [0.2, 0.25) is 0 Å². The van der Waals surface area contributed by atoms with Crippen LogP contribution in [0.1, 0.15) is 25.7 Å². The zero-order valence-corrected chi connectivity index (χ0v) is 19.7. The molecule has 12 heteroatoms. The fourth-order valence-corrected chi connectivity index (χ4v) is 5.25. The average Bonchev–Trinajstić information content (AvgIpc) is 3.29. The van der Waals surface area contributed by atoms with Crippen LogP contribution < -0.4 is 14.4 Å². The minimum Gasteiger partial charge on any atom is -0.410 e. The molecule has 1 unspecified atom stereocenters. The Hall–Kier alpha value is -3.38. The Morgan fingerprint density at radius 1 is 1.24 bits per heavy atom. The highest BCUT2D eigenvalue weighted by Gasteiger charge is 2.27. The van der Waals surface area contributed by atoms with Crippen LogP contribution in [0.15, 0.2) is 42.9 Å². The zero-order valence-electron chi connectivity index (χ0n) is 18.9. The minimum absolute atomic E-state index is 0.0871. The number of carbonyl (C=O) groups is 1. The molecule has 34 heavy (non-hydrogen) atoms. The molecule has 0 spiro atoms. The minimum atomic E-state index is -0.982. The number of nitro groups is 1. The Balaban J connectivity index is 1.47. The number of aromatic nitrogens is 3. The van der Waals surface area contributed by atoms with Gasteiger partial charge in [0, 0.05) is 37.2 Å². The number of nitrogens with one attached hydrogen (secondary N) is 1. The van der Waals surface area contributed by atoms with Crippen LogP contribution >= 0.6 is 0 Å². The van der Waals surface area contributed by atoms with E-state index in [9.17, 15) is 19.1 Å². The van der Waals surface area contributed by atoms with Gasteiger partial charge in [-0.3, -0.25) is 10.1 Å². The van der Waals surface area contributed by atoms with Crippen molar-refractivity contribution in [2.75, 3.05) is 24.7 Å². The molecule has 0 saturated heterocycles. The number of non-ortho nitro benzene ring substituents is 1. The number of ether oxygens (including phenoxy) is 1. The first-order valence-corrected chi connectivity index (χ1v) is 12.3. The highest BCUT2D eigenvalue weighted by atomic mass is 32.2. The molecule has 0 aliphatic heterocycles. The van der Waals surface area contributed by atoms with E-state index < -0.39 is 22.0 Å². The Labute approximate surface area is 198 Å². The number of benzene rings is 1. The summed E-state index contributed by atoms with van der Waals surface area (Å²) in [6, 6.07) is 7.36. The van der Waals surface area contributed by atoms with Crippen LogP contribution in [0.3, 0.4) is 0 Å². The highest BCUT2D eigenvalue weighted by molar-refractivity contribution is 7.82. The van der Waals surface area contributed by atoms with E-state index >= 15 is 0 Å². The topological polar surface area (TPSA) is 132 Å². The number of rotatable bonds is 7. The van der Waals surface area contributed by atoms with Gasteiger partial charge in [0.05, 0.1) is 21.3 Å². The van der Waals surface area contributed by atoms with Crippen LogP contribution in [0, 0.1) is 16.0 Å². The first kappa shape index (κ1) is 23.8. The van der Waals surface area contributed by atoms with E-state index in [1.807, 2.05) is 7.05 Å². The average molecular weight is 487 g/mol. The number of hydrogen-bond acceptors (Lipinski definition) is 8. The molecule has 2 aromatic heterocycles. The Morgan fingerprint density at radius 2 is 1.94 bits per heavy atom. The molecular weight excluding hydrogens is 460 g/mol. The molecule has 2 heterocycles. The van der Waals surface area contributed by atoms with E-state index in [0.717, 1.165) is 36.9 Å². The number of fused-ring (bicyclic) bond motifs is 1. The molecule has 1 saturated carbocycles. The van der Waals surface area contributed by atoms with Gasteiger partial charge < -0.3 is 9.64 Å². The molecule has 1 aromatic carbocycles. The van der Waals surface area contributed by atoms with Gasteiger partial charge in [0.2, 0.25) is 0 Å². The third-order valence-corrected chi connectivity index (χ3v) is 7.45. The summed E-state index contributed by atoms with van der Waals surface area (Å²) in [5.74, 6) is 2.04. The van der Waals surface area contributed by atoms with Crippen molar-refractivity contribution in [3.63, 3.8) is 0 Å². The molecule has 1 atom stereocenters. The van der Waals surface area contributed by atoms with Crippen LogP contribution in [0.5, 0.6) is 5.75 Å². The van der Waals surface area contributed by atoms with E-state index in [-0.39, 0.29) is 17.5 Å². The third-order valence-electron chi connectivity index (χ3n) is 6.22. The van der Waals surface area contributed by atoms with Gasteiger partial charge >= 0.3 is 6.09 Å². The number of carbonyl (C=O) groups excluding carboxylic acids is 1. The molecule has 4 rings (SSSR count). The molecule has 3 aromatic rings. The van der Waals surface area contributed by atoms with Gasteiger partial charge in [-0.2, -0.15) is 0 Å². The fraction of sp³-hybridized carbons (Fsp3) is 0.409. The van der Waals surface area contributed by atoms with Gasteiger partial charge in [-0.1, -0.05) is 0 Å². The predicted molar refractivity (Wildman–Crippen MR) is 128 cm³/mol. The smallest absolute Gasteiger partial charge is 0.410 e. The van der Waals surface area contributed by atoms with Crippen molar-refractivity contribution >= 4 is 39.6 Å². The SMILES string of the molecule is CNS(=O)CC1CCC(N(C)c2ncnc3c2ccn3C(=O)Oc2ccc([N+](=O)[O-])cc2)CC1. The van der Waals surface area contributed by atoms with Crippen molar-refractivity contribution in [3.05, 3.63) is 53.0 Å². The van der Waals surface area contributed by atoms with E-state index in [0.29, 0.717) is 17.3 Å². The van der Waals surface area contributed by atoms with E-state index in [4.69, 9.17) is 4.74 Å². The first-order chi connectivity index (χ1) is 16.4. The van der Waals surface area contributed by atoms with Crippen LogP contribution in [-0.2, 0) is 11.0 Å². The Morgan fingerprint density at radius 3 is 2.59 bits per heavy atom. The summed E-state index contributed by atoms with van der Waals surface area (Å²) < 4.78 is 21.2. The van der Waals surface area contributed by atoms with Crippen molar-refractivity contribution in [3.8, 4) is 5.75 Å². The van der Waals surface area contributed by atoms with E-state index in [1.165, 1.54) is 35.2 Å². The largest absolute Gasteiger partial charge is 0.425 e. The van der Waals surface area contributed by atoms with Crippen LogP contribution in [0.25, 0.3) is 11.0 Å². The molecule has 1 N–H and O–H groups in total. The van der Waals surface area contributed by atoms with Crippen molar-refractivity contribution in [1.29, 1.82) is 0 Å². The zero-order chi connectivity index (χ0) is 24.2. The summed E-state index contributed by atoms with van der Waals surface area (Å²) in [5.41, 5.74) is 0.331. The maximum atomic E-state index is 12.7. The standard InChI is InChI=1S/C22H26N6O5S/c1-23-34(32)13-15-3-5-16(6-4-15)26(2)20-19-11-12-27(21(19)25-14-24-20)22(29)33-18-9-7-17(8-10-18)28(30)31/h7-12,14-16,23H,3-6,13H2,1-2H3. The van der Waals surface area contributed by atoms with Crippen LogP contribution in [-0.4, -0.2) is 55.7 Å². The van der Waals surface area contributed by atoms with Gasteiger partial charge in [0.25, 0.3) is 5.69 Å². The third kappa shape index (κ3) is 5.07. The lowest BCUT2D eigenvalue weighted by Gasteiger charge is -2.35. The maximum absolute atomic E-state index is 12.7. The summed E-state index contributed by atoms with van der Waals surface area (Å²) in [5, 5.41) is 11.5. The maximum Gasteiger partial charge on any atom is 0.425 e. The quantitative estimate of drug-likeness (QED) is 0.397. The molecule has 0 amide bonds. The summed E-state index contributed by atoms with van der Waals surface area (Å²) >= 11 is 0. The Bertz CT molecular complexity index is 1210. The molecule has 0 bridgehead atoms. The lowest BCUT2D eigenvalue weighted by molar-refractivity contribution is -0.384. The van der Waals surface area contributed by atoms with Gasteiger partial charge in [-0.15, -0.1) is 0 Å². The van der Waals surface area contributed by atoms with Gasteiger partial charge in [0.1, 0.15) is 17.9 Å². The molecule has 1 aliphatic rings. The number of nitrogens with zero attached hydrogens (tertiary/aromatic N) is 5. The molecule has 0 radical (unpaired) electrons. The fourth-order valence-electron chi connectivity index (χ4n) is 4.32. The van der Waals surface area contributed by atoms with E-state index in [1.54, 1.807) is 19.3 Å². The summed E-state index contributed by atoms with van der Waals surface area (Å²) in [6.07, 6.45) is 6.26. The monoisotopic (exact) mass is 486 g/mol. The van der Waals surface area contributed by atoms with Gasteiger partial charge in [0.15, 0.2) is 5.65 Å². The predicted octanol–water partition coefficient (Wildman–Crippen LogP) is 3.26. The first-order valence-electron chi connectivity index (χ1n) is 10.9. The highest BCUT2D eigenvalue weighted by Crippen LogP contribution is 2.32.